The van der Waals surface area contributed by atoms with Crippen LogP contribution in [0.2, 0.25) is 0 Å². The molecule has 0 atom stereocenters. The zero-order valence-corrected chi connectivity index (χ0v) is 18.8. The number of hydrogen-bond donors (Lipinski definition) is 1. The van der Waals surface area contributed by atoms with Crippen molar-refractivity contribution < 1.29 is 18.0 Å². The van der Waals surface area contributed by atoms with Crippen LogP contribution in [0.4, 0.5) is 18.3 Å². The predicted molar refractivity (Wildman–Crippen MR) is 124 cm³/mol. The number of nitriles is 1. The summed E-state index contributed by atoms with van der Waals surface area (Å²) in [5.41, 5.74) is -0.344. The summed E-state index contributed by atoms with van der Waals surface area (Å²) in [5.74, 6) is -0.776. The summed E-state index contributed by atoms with van der Waals surface area (Å²) in [6.45, 7) is 0. The topological polar surface area (TPSA) is 91.6 Å². The van der Waals surface area contributed by atoms with Crippen molar-refractivity contribution >= 4 is 34.1 Å². The van der Waals surface area contributed by atoms with E-state index in [1.807, 2.05) is 30.3 Å². The summed E-state index contributed by atoms with van der Waals surface area (Å²) in [7, 11) is 0. The van der Waals surface area contributed by atoms with Gasteiger partial charge in [0.15, 0.2) is 0 Å². The van der Waals surface area contributed by atoms with Crippen LogP contribution in [0.3, 0.4) is 0 Å². The molecule has 2 heterocycles. The van der Waals surface area contributed by atoms with E-state index in [4.69, 9.17) is 0 Å². The molecule has 0 bridgehead atoms. The van der Waals surface area contributed by atoms with E-state index in [1.165, 1.54) is 11.3 Å². The molecule has 4 rings (SSSR count). The van der Waals surface area contributed by atoms with Crippen molar-refractivity contribution in [3.8, 4) is 27.9 Å². The Morgan fingerprint density at radius 3 is 2.29 bits per heavy atom. The van der Waals surface area contributed by atoms with Gasteiger partial charge in [-0.3, -0.25) is 10.1 Å². The van der Waals surface area contributed by atoms with Gasteiger partial charge < -0.3 is 0 Å². The highest BCUT2D eigenvalue weighted by Gasteiger charge is 2.36. The molecule has 0 saturated carbocycles. The first-order valence-corrected chi connectivity index (χ1v) is 11.5. The zero-order chi connectivity index (χ0) is 24.1. The number of nitrogens with one attached hydrogen (secondary N) is 1. The molecule has 1 amide bonds. The number of hydrogen-bond acceptors (Lipinski definition) is 7. The second-order valence-corrected chi connectivity index (χ2v) is 8.77. The lowest BCUT2D eigenvalue weighted by atomic mass is 10.1. The van der Waals surface area contributed by atoms with E-state index in [2.05, 4.69) is 20.5 Å². The van der Waals surface area contributed by atoms with Crippen LogP contribution in [0.15, 0.2) is 71.8 Å². The molecule has 0 radical (unpaired) electrons. The van der Waals surface area contributed by atoms with Crippen LogP contribution in [0.25, 0.3) is 21.8 Å². The van der Waals surface area contributed by atoms with Gasteiger partial charge in [0.25, 0.3) is 0 Å². The molecule has 34 heavy (non-hydrogen) atoms. The fourth-order valence-corrected chi connectivity index (χ4v) is 4.54. The van der Waals surface area contributed by atoms with Crippen molar-refractivity contribution in [3.63, 3.8) is 0 Å². The molecule has 0 aliphatic rings. The molecule has 11 heteroatoms. The van der Waals surface area contributed by atoms with E-state index in [9.17, 15) is 23.2 Å². The normalized spacial score (nSPS) is 11.1. The summed E-state index contributed by atoms with van der Waals surface area (Å²) >= 11 is 1.92. The van der Waals surface area contributed by atoms with E-state index >= 15 is 0 Å². The van der Waals surface area contributed by atoms with Crippen LogP contribution in [-0.2, 0) is 11.0 Å². The van der Waals surface area contributed by atoms with Gasteiger partial charge in [-0.25, -0.2) is 4.98 Å². The summed E-state index contributed by atoms with van der Waals surface area (Å²) in [6, 6.07) is 20.0. The predicted octanol–water partition coefficient (Wildman–Crippen LogP) is 5.89. The Morgan fingerprint density at radius 2 is 1.68 bits per heavy atom. The molecule has 2 aromatic heterocycles. The molecule has 1 N–H and O–H groups in total. The number of aromatic nitrogens is 3. The summed E-state index contributed by atoms with van der Waals surface area (Å²) in [4.78, 5) is 16.7. The van der Waals surface area contributed by atoms with Gasteiger partial charge in [0.2, 0.25) is 11.0 Å². The Labute approximate surface area is 200 Å². The van der Waals surface area contributed by atoms with Gasteiger partial charge in [-0.05, 0) is 6.07 Å². The standard InChI is InChI=1S/C23H14F3N5OS2/c24-23(25,26)17-11-18(14-7-3-1-4-8-14)28-21(16(17)12-27)33-13-19(32)29-22-31-30-20(34-22)15-9-5-2-6-10-15/h1-11H,13H2,(H,29,31,32). The van der Waals surface area contributed by atoms with Gasteiger partial charge in [0.1, 0.15) is 16.1 Å². The second kappa shape index (κ2) is 10.0. The van der Waals surface area contributed by atoms with Crippen LogP contribution >= 0.6 is 23.1 Å². The van der Waals surface area contributed by atoms with Crippen molar-refractivity contribution in [2.45, 2.75) is 11.2 Å². The SMILES string of the molecule is N#Cc1c(C(F)(F)F)cc(-c2ccccc2)nc1SCC(=O)Nc1nnc(-c2ccccc2)s1. The Hall–Kier alpha value is -3.75. The van der Waals surface area contributed by atoms with Crippen molar-refractivity contribution in [3.05, 3.63) is 77.9 Å². The minimum Gasteiger partial charge on any atom is -0.300 e. The van der Waals surface area contributed by atoms with Crippen LogP contribution in [-0.4, -0.2) is 26.8 Å². The first-order valence-electron chi connectivity index (χ1n) is 9.74. The van der Waals surface area contributed by atoms with Crippen LogP contribution < -0.4 is 5.32 Å². The smallest absolute Gasteiger partial charge is 0.300 e. The zero-order valence-electron chi connectivity index (χ0n) is 17.2. The molecule has 0 fully saturated rings. The largest absolute Gasteiger partial charge is 0.417 e. The van der Waals surface area contributed by atoms with Crippen molar-refractivity contribution in [2.24, 2.45) is 0 Å². The van der Waals surface area contributed by atoms with Crippen molar-refractivity contribution in [1.82, 2.24) is 15.2 Å². The van der Waals surface area contributed by atoms with Gasteiger partial charge in [-0.2, -0.15) is 18.4 Å². The van der Waals surface area contributed by atoms with E-state index in [0.29, 0.717) is 10.6 Å². The number of halogens is 3. The van der Waals surface area contributed by atoms with Crippen LogP contribution in [0.5, 0.6) is 0 Å². The van der Waals surface area contributed by atoms with E-state index < -0.39 is 23.2 Å². The Balaban J connectivity index is 1.54. The monoisotopic (exact) mass is 497 g/mol. The first-order chi connectivity index (χ1) is 16.3. The lowest BCUT2D eigenvalue weighted by molar-refractivity contribution is -0.138. The van der Waals surface area contributed by atoms with Gasteiger partial charge in [0, 0.05) is 11.1 Å². The van der Waals surface area contributed by atoms with Gasteiger partial charge in [-0.15, -0.1) is 10.2 Å². The third-order valence-corrected chi connectivity index (χ3v) is 6.37. The maximum absolute atomic E-state index is 13.7. The number of carbonyl (C=O) groups is 1. The quantitative estimate of drug-likeness (QED) is 0.334. The summed E-state index contributed by atoms with van der Waals surface area (Å²) < 4.78 is 41.0. The van der Waals surface area contributed by atoms with E-state index in [1.54, 1.807) is 36.4 Å². The fraction of sp³-hybridized carbons (Fsp3) is 0.0870. The number of benzene rings is 2. The highest BCUT2D eigenvalue weighted by atomic mass is 32.2. The summed E-state index contributed by atoms with van der Waals surface area (Å²) in [5, 5.41) is 20.7. The highest BCUT2D eigenvalue weighted by molar-refractivity contribution is 8.00. The number of rotatable bonds is 6. The Morgan fingerprint density at radius 1 is 1.03 bits per heavy atom. The minimum atomic E-state index is -4.75. The molecule has 0 spiro atoms. The maximum atomic E-state index is 13.7. The molecule has 2 aromatic carbocycles. The van der Waals surface area contributed by atoms with Crippen LogP contribution in [0.1, 0.15) is 11.1 Å². The number of carbonyl (C=O) groups excluding carboxylic acids is 1. The number of amides is 1. The molecule has 0 unspecified atom stereocenters. The number of pyridine rings is 1. The average Bonchev–Trinajstić information content (AvgIpc) is 3.31. The molecule has 0 saturated heterocycles. The minimum absolute atomic E-state index is 0.0615. The Bertz CT molecular complexity index is 1350. The third kappa shape index (κ3) is 5.41. The van der Waals surface area contributed by atoms with E-state index in [-0.39, 0.29) is 21.6 Å². The number of anilines is 1. The van der Waals surface area contributed by atoms with Gasteiger partial charge in [0.05, 0.1) is 22.6 Å². The number of thioether (sulfide) groups is 1. The lowest BCUT2D eigenvalue weighted by Gasteiger charge is -2.14. The Kier molecular flexibility index (Phi) is 6.90. The van der Waals surface area contributed by atoms with Crippen molar-refractivity contribution in [1.29, 1.82) is 5.26 Å². The lowest BCUT2D eigenvalue weighted by Crippen LogP contribution is -2.15. The summed E-state index contributed by atoms with van der Waals surface area (Å²) in [6.07, 6.45) is -4.75. The molecule has 4 aromatic rings. The molecular weight excluding hydrogens is 483 g/mol. The van der Waals surface area contributed by atoms with Crippen LogP contribution in [0, 0.1) is 11.3 Å². The third-order valence-electron chi connectivity index (χ3n) is 4.51. The molecule has 170 valence electrons. The van der Waals surface area contributed by atoms with Gasteiger partial charge in [-0.1, -0.05) is 83.8 Å². The fourth-order valence-electron chi connectivity index (χ4n) is 2.97. The van der Waals surface area contributed by atoms with Gasteiger partial charge >= 0.3 is 6.18 Å². The molecule has 6 nitrogen and oxygen atoms in total. The number of nitrogens with zero attached hydrogens (tertiary/aromatic N) is 4. The number of alkyl halides is 3. The van der Waals surface area contributed by atoms with E-state index in [0.717, 1.165) is 23.4 Å². The average molecular weight is 498 g/mol. The molecule has 0 aliphatic carbocycles. The first kappa shape index (κ1) is 23.4. The molecule has 0 aliphatic heterocycles. The maximum Gasteiger partial charge on any atom is 0.417 e. The van der Waals surface area contributed by atoms with Crippen molar-refractivity contribution in [2.75, 3.05) is 11.1 Å². The second-order valence-electron chi connectivity index (χ2n) is 6.83. The highest BCUT2D eigenvalue weighted by Crippen LogP contribution is 2.38. The molecular formula is C23H14F3N5OS2.